The smallest absolute Gasteiger partial charge is 0.303 e. The third-order valence-corrected chi connectivity index (χ3v) is 2.92. The van der Waals surface area contributed by atoms with E-state index in [0.29, 0.717) is 0 Å². The monoisotopic (exact) mass is 251 g/mol. The zero-order chi connectivity index (χ0) is 13.6. The lowest BCUT2D eigenvalue weighted by Crippen LogP contribution is -2.37. The van der Waals surface area contributed by atoms with Gasteiger partial charge in [0.05, 0.1) is 0 Å². The van der Waals surface area contributed by atoms with Gasteiger partial charge in [-0.3, -0.25) is 9.59 Å². The second kappa shape index (κ2) is 6.16. The molecule has 18 heavy (non-hydrogen) atoms. The Morgan fingerprint density at radius 3 is 1.83 bits per heavy atom. The summed E-state index contributed by atoms with van der Waals surface area (Å²) in [6, 6.07) is 9.03. The van der Waals surface area contributed by atoms with Gasteiger partial charge < -0.3 is 15.9 Å². The van der Waals surface area contributed by atoms with E-state index in [-0.39, 0.29) is 25.7 Å². The molecular formula is C13H17NO4. The van der Waals surface area contributed by atoms with E-state index in [0.717, 1.165) is 5.56 Å². The van der Waals surface area contributed by atoms with Crippen molar-refractivity contribution in [2.24, 2.45) is 5.73 Å². The highest BCUT2D eigenvalue weighted by molar-refractivity contribution is 5.67. The Morgan fingerprint density at radius 1 is 1.00 bits per heavy atom. The van der Waals surface area contributed by atoms with Gasteiger partial charge in [0.1, 0.15) is 0 Å². The van der Waals surface area contributed by atoms with Crippen LogP contribution in [0.1, 0.15) is 31.2 Å². The van der Waals surface area contributed by atoms with Gasteiger partial charge in [0.2, 0.25) is 0 Å². The van der Waals surface area contributed by atoms with Crippen molar-refractivity contribution in [3.63, 3.8) is 0 Å². The molecule has 0 radical (unpaired) electrons. The first-order chi connectivity index (χ1) is 8.44. The fourth-order valence-electron chi connectivity index (χ4n) is 1.84. The highest BCUT2D eigenvalue weighted by Crippen LogP contribution is 2.28. The van der Waals surface area contributed by atoms with Crippen molar-refractivity contribution < 1.29 is 19.8 Å². The Morgan fingerprint density at radius 2 is 1.44 bits per heavy atom. The summed E-state index contributed by atoms with van der Waals surface area (Å²) in [7, 11) is 0. The molecule has 0 bridgehead atoms. The van der Waals surface area contributed by atoms with Gasteiger partial charge in [-0.05, 0) is 18.4 Å². The van der Waals surface area contributed by atoms with E-state index in [1.807, 2.05) is 6.07 Å². The topological polar surface area (TPSA) is 101 Å². The summed E-state index contributed by atoms with van der Waals surface area (Å²) < 4.78 is 0. The predicted octanol–water partition coefficient (Wildman–Crippen LogP) is 1.57. The molecule has 0 saturated heterocycles. The molecule has 1 aromatic carbocycles. The lowest BCUT2D eigenvalue weighted by molar-refractivity contribution is -0.137. The first-order valence-electron chi connectivity index (χ1n) is 5.72. The summed E-state index contributed by atoms with van der Waals surface area (Å²) in [4.78, 5) is 21.3. The number of carboxylic acid groups (broad SMARTS) is 2. The molecule has 0 saturated carbocycles. The van der Waals surface area contributed by atoms with Crippen LogP contribution in [0.25, 0.3) is 0 Å². The third kappa shape index (κ3) is 4.18. The molecule has 0 aliphatic carbocycles. The van der Waals surface area contributed by atoms with Crippen LogP contribution >= 0.6 is 0 Å². The number of benzene rings is 1. The fourth-order valence-corrected chi connectivity index (χ4v) is 1.84. The lowest BCUT2D eigenvalue weighted by Gasteiger charge is -2.29. The van der Waals surface area contributed by atoms with Gasteiger partial charge in [-0.2, -0.15) is 0 Å². The van der Waals surface area contributed by atoms with E-state index >= 15 is 0 Å². The van der Waals surface area contributed by atoms with Crippen molar-refractivity contribution in [2.75, 3.05) is 0 Å². The molecule has 1 aromatic rings. The molecule has 0 amide bonds. The summed E-state index contributed by atoms with van der Waals surface area (Å²) in [5.74, 6) is -1.87. The molecule has 0 unspecified atom stereocenters. The van der Waals surface area contributed by atoms with Crippen molar-refractivity contribution in [3.8, 4) is 0 Å². The number of hydrogen-bond donors (Lipinski definition) is 3. The molecule has 0 atom stereocenters. The SMILES string of the molecule is NC(CCC(=O)O)(CCC(=O)O)c1ccccc1. The van der Waals surface area contributed by atoms with E-state index in [2.05, 4.69) is 0 Å². The summed E-state index contributed by atoms with van der Waals surface area (Å²) in [5, 5.41) is 17.5. The summed E-state index contributed by atoms with van der Waals surface area (Å²) >= 11 is 0. The Balaban J connectivity index is 2.86. The molecular weight excluding hydrogens is 234 g/mol. The number of hydrogen-bond acceptors (Lipinski definition) is 3. The minimum absolute atomic E-state index is 0.0784. The first-order valence-corrected chi connectivity index (χ1v) is 5.72. The van der Waals surface area contributed by atoms with Crippen molar-refractivity contribution in [2.45, 2.75) is 31.2 Å². The van der Waals surface area contributed by atoms with Crippen LogP contribution in [-0.4, -0.2) is 22.2 Å². The van der Waals surface area contributed by atoms with Crippen LogP contribution in [0.15, 0.2) is 30.3 Å². The van der Waals surface area contributed by atoms with Crippen molar-refractivity contribution in [3.05, 3.63) is 35.9 Å². The standard InChI is InChI=1S/C13H17NO4/c14-13(8-6-11(15)16,9-7-12(17)18)10-4-2-1-3-5-10/h1-5H,6-9,14H2,(H,15,16)(H,17,18). The summed E-state index contributed by atoms with van der Waals surface area (Å²) in [6.07, 6.45) is 0.287. The highest BCUT2D eigenvalue weighted by atomic mass is 16.4. The van der Waals surface area contributed by atoms with Crippen LogP contribution in [0.2, 0.25) is 0 Å². The maximum absolute atomic E-state index is 10.6. The molecule has 0 spiro atoms. The van der Waals surface area contributed by atoms with Crippen molar-refractivity contribution in [1.29, 1.82) is 0 Å². The Kier molecular flexibility index (Phi) is 4.85. The van der Waals surface area contributed by atoms with E-state index in [1.165, 1.54) is 0 Å². The lowest BCUT2D eigenvalue weighted by atomic mass is 9.82. The molecule has 0 heterocycles. The van der Waals surface area contributed by atoms with Crippen LogP contribution in [0.5, 0.6) is 0 Å². The molecule has 4 N–H and O–H groups in total. The third-order valence-electron chi connectivity index (χ3n) is 2.92. The Hall–Kier alpha value is -1.88. The van der Waals surface area contributed by atoms with Gasteiger partial charge in [0, 0.05) is 18.4 Å². The maximum atomic E-state index is 10.6. The number of aliphatic carboxylic acids is 2. The largest absolute Gasteiger partial charge is 0.481 e. The van der Waals surface area contributed by atoms with Crippen LogP contribution in [0, 0.1) is 0 Å². The zero-order valence-electron chi connectivity index (χ0n) is 10.0. The highest BCUT2D eigenvalue weighted by Gasteiger charge is 2.28. The minimum Gasteiger partial charge on any atom is -0.481 e. The number of carbonyl (C=O) groups is 2. The van der Waals surface area contributed by atoms with E-state index in [4.69, 9.17) is 15.9 Å². The maximum Gasteiger partial charge on any atom is 0.303 e. The average molecular weight is 251 g/mol. The molecule has 0 aliphatic heterocycles. The number of rotatable bonds is 7. The first kappa shape index (κ1) is 14.2. The van der Waals surface area contributed by atoms with Gasteiger partial charge in [-0.25, -0.2) is 0 Å². The molecule has 0 fully saturated rings. The van der Waals surface area contributed by atoms with Crippen LogP contribution < -0.4 is 5.73 Å². The number of nitrogens with two attached hydrogens (primary N) is 1. The molecule has 0 aliphatic rings. The van der Waals surface area contributed by atoms with E-state index < -0.39 is 17.5 Å². The second-order valence-electron chi connectivity index (χ2n) is 4.31. The normalized spacial score (nSPS) is 11.2. The van der Waals surface area contributed by atoms with Crippen molar-refractivity contribution in [1.82, 2.24) is 0 Å². The Labute approximate surface area is 105 Å². The molecule has 5 nitrogen and oxygen atoms in total. The molecule has 0 aromatic heterocycles. The number of carboxylic acids is 2. The summed E-state index contributed by atoms with van der Waals surface area (Å²) in [5.41, 5.74) is 6.06. The molecule has 98 valence electrons. The minimum atomic E-state index is -0.934. The zero-order valence-corrected chi connectivity index (χ0v) is 10.0. The fraction of sp³-hybridized carbons (Fsp3) is 0.385. The van der Waals surface area contributed by atoms with Gasteiger partial charge in [0.15, 0.2) is 0 Å². The van der Waals surface area contributed by atoms with E-state index in [9.17, 15) is 9.59 Å². The average Bonchev–Trinajstić information content (AvgIpc) is 2.35. The van der Waals surface area contributed by atoms with Gasteiger partial charge in [0.25, 0.3) is 0 Å². The van der Waals surface area contributed by atoms with Gasteiger partial charge in [-0.15, -0.1) is 0 Å². The van der Waals surface area contributed by atoms with Gasteiger partial charge in [-0.1, -0.05) is 30.3 Å². The van der Waals surface area contributed by atoms with Crippen LogP contribution in [-0.2, 0) is 15.1 Å². The summed E-state index contributed by atoms with van der Waals surface area (Å²) in [6.45, 7) is 0. The molecule has 5 heteroatoms. The van der Waals surface area contributed by atoms with Crippen LogP contribution in [0.4, 0.5) is 0 Å². The van der Waals surface area contributed by atoms with E-state index in [1.54, 1.807) is 24.3 Å². The predicted molar refractivity (Wildman–Crippen MR) is 66.0 cm³/mol. The Bertz CT molecular complexity index is 398. The quantitative estimate of drug-likeness (QED) is 0.683. The van der Waals surface area contributed by atoms with Gasteiger partial charge >= 0.3 is 11.9 Å². The van der Waals surface area contributed by atoms with Crippen LogP contribution in [0.3, 0.4) is 0 Å². The molecule has 1 rings (SSSR count). The van der Waals surface area contributed by atoms with Crippen molar-refractivity contribution >= 4 is 11.9 Å². The second-order valence-corrected chi connectivity index (χ2v) is 4.31.